The minimum Gasteiger partial charge on any atom is -0.383 e. The molecule has 7 heteroatoms. The molecule has 3 nitrogen and oxygen atoms in total. The first-order chi connectivity index (χ1) is 9.30. The molecule has 1 heterocycles. The molecule has 0 unspecified atom stereocenters. The average molecular weight is 284 g/mol. The third kappa shape index (κ3) is 2.61. The lowest BCUT2D eigenvalue weighted by Gasteiger charge is -2.12. The molecule has 0 radical (unpaired) electrons. The van der Waals surface area contributed by atoms with Crippen molar-refractivity contribution >= 4 is 11.6 Å². The molecule has 20 heavy (non-hydrogen) atoms. The lowest BCUT2D eigenvalue weighted by Crippen LogP contribution is -2.15. The molecule has 2 rings (SSSR count). The summed E-state index contributed by atoms with van der Waals surface area (Å²) in [6.07, 6.45) is -3.47. The molecule has 104 valence electrons. The fourth-order valence-corrected chi connectivity index (χ4v) is 1.71. The molecular formula is C13H8F4N2O. The number of carbonyl (C=O) groups excluding carboxylic acids is 1. The van der Waals surface area contributed by atoms with Crippen LogP contribution < -0.4 is 5.73 Å². The highest BCUT2D eigenvalue weighted by molar-refractivity contribution is 6.12. The number of halogens is 4. The predicted molar refractivity (Wildman–Crippen MR) is 63.5 cm³/mol. The average Bonchev–Trinajstić information content (AvgIpc) is 2.37. The van der Waals surface area contributed by atoms with E-state index in [9.17, 15) is 22.4 Å². The summed E-state index contributed by atoms with van der Waals surface area (Å²) < 4.78 is 51.7. The number of nitrogens with zero attached hydrogens (tertiary/aromatic N) is 1. The Hall–Kier alpha value is -2.44. The van der Waals surface area contributed by atoms with Gasteiger partial charge in [0.2, 0.25) is 0 Å². The van der Waals surface area contributed by atoms with Gasteiger partial charge in [-0.2, -0.15) is 13.2 Å². The summed E-state index contributed by atoms with van der Waals surface area (Å²) in [5, 5.41) is 0. The number of hydrogen-bond donors (Lipinski definition) is 1. The minimum atomic E-state index is -4.77. The van der Waals surface area contributed by atoms with Crippen molar-refractivity contribution in [3.8, 4) is 0 Å². The second-order valence-electron chi connectivity index (χ2n) is 3.95. The molecule has 2 N–H and O–H groups in total. The van der Waals surface area contributed by atoms with E-state index < -0.39 is 28.9 Å². The molecule has 1 aromatic heterocycles. The molecule has 0 saturated carbocycles. The van der Waals surface area contributed by atoms with E-state index in [0.717, 1.165) is 0 Å². The van der Waals surface area contributed by atoms with Crippen LogP contribution in [0, 0.1) is 5.82 Å². The van der Waals surface area contributed by atoms with Gasteiger partial charge in [-0.25, -0.2) is 9.37 Å². The quantitative estimate of drug-likeness (QED) is 0.681. The van der Waals surface area contributed by atoms with Gasteiger partial charge in [-0.15, -0.1) is 0 Å². The molecule has 0 fully saturated rings. The van der Waals surface area contributed by atoms with Crippen molar-refractivity contribution in [1.29, 1.82) is 0 Å². The fourth-order valence-electron chi connectivity index (χ4n) is 1.71. The van der Waals surface area contributed by atoms with Crippen molar-refractivity contribution in [1.82, 2.24) is 4.98 Å². The van der Waals surface area contributed by atoms with Gasteiger partial charge in [0, 0.05) is 11.8 Å². The first-order valence-electron chi connectivity index (χ1n) is 5.42. The van der Waals surface area contributed by atoms with E-state index in [-0.39, 0.29) is 11.4 Å². The normalized spacial score (nSPS) is 11.4. The summed E-state index contributed by atoms with van der Waals surface area (Å²) >= 11 is 0. The maximum Gasteiger partial charge on any atom is 0.417 e. The Morgan fingerprint density at radius 3 is 2.45 bits per heavy atom. The van der Waals surface area contributed by atoms with Crippen LogP contribution in [-0.4, -0.2) is 10.8 Å². The Morgan fingerprint density at radius 2 is 1.85 bits per heavy atom. The standard InChI is InChI=1S/C13H8F4N2O/c14-7-3-4-10(13(15,16)17)9(6-7)11(20)8-2-1-5-19-12(8)18/h1-6H,(H2,18,19). The van der Waals surface area contributed by atoms with Crippen LogP contribution in [0.1, 0.15) is 21.5 Å². The fraction of sp³-hybridized carbons (Fsp3) is 0.0769. The Kier molecular flexibility index (Phi) is 3.44. The molecule has 0 aliphatic heterocycles. The first-order valence-corrected chi connectivity index (χ1v) is 5.42. The third-order valence-electron chi connectivity index (χ3n) is 2.61. The lowest BCUT2D eigenvalue weighted by molar-refractivity contribution is -0.137. The van der Waals surface area contributed by atoms with E-state index in [1.54, 1.807) is 0 Å². The minimum absolute atomic E-state index is 0.205. The molecule has 0 spiro atoms. The summed E-state index contributed by atoms with van der Waals surface area (Å²) in [5.74, 6) is -2.18. The van der Waals surface area contributed by atoms with E-state index in [1.165, 1.54) is 18.3 Å². The zero-order chi connectivity index (χ0) is 14.9. The highest BCUT2D eigenvalue weighted by Crippen LogP contribution is 2.33. The van der Waals surface area contributed by atoms with Gasteiger partial charge in [0.05, 0.1) is 11.1 Å². The number of aromatic nitrogens is 1. The zero-order valence-electron chi connectivity index (χ0n) is 9.91. The summed E-state index contributed by atoms with van der Waals surface area (Å²) in [6.45, 7) is 0. The number of rotatable bonds is 2. The third-order valence-corrected chi connectivity index (χ3v) is 2.61. The zero-order valence-corrected chi connectivity index (χ0v) is 9.91. The SMILES string of the molecule is Nc1ncccc1C(=O)c1cc(F)ccc1C(F)(F)F. The number of hydrogen-bond acceptors (Lipinski definition) is 3. The number of nitrogens with two attached hydrogens (primary N) is 1. The van der Waals surface area contributed by atoms with Gasteiger partial charge >= 0.3 is 6.18 Å². The van der Waals surface area contributed by atoms with E-state index in [0.29, 0.717) is 18.2 Å². The van der Waals surface area contributed by atoms with Crippen LogP contribution in [0.2, 0.25) is 0 Å². The largest absolute Gasteiger partial charge is 0.417 e. The van der Waals surface area contributed by atoms with Crippen LogP contribution in [0.15, 0.2) is 36.5 Å². The Labute approximate surface area is 111 Å². The van der Waals surface area contributed by atoms with Crippen LogP contribution in [0.25, 0.3) is 0 Å². The van der Waals surface area contributed by atoms with Gasteiger partial charge in [0.15, 0.2) is 5.78 Å². The maximum atomic E-state index is 13.1. The van der Waals surface area contributed by atoms with Gasteiger partial charge in [-0.3, -0.25) is 4.79 Å². The Bertz CT molecular complexity index is 668. The topological polar surface area (TPSA) is 56.0 Å². The molecule has 0 bridgehead atoms. The molecule has 0 aliphatic rings. The number of pyridine rings is 1. The highest BCUT2D eigenvalue weighted by atomic mass is 19.4. The van der Waals surface area contributed by atoms with Crippen molar-refractivity contribution in [2.45, 2.75) is 6.18 Å². The number of ketones is 1. The van der Waals surface area contributed by atoms with Crippen LogP contribution in [0.4, 0.5) is 23.4 Å². The molecule has 0 atom stereocenters. The molecule has 1 aromatic carbocycles. The van der Waals surface area contributed by atoms with Gasteiger partial charge in [-0.1, -0.05) is 0 Å². The Morgan fingerprint density at radius 1 is 1.15 bits per heavy atom. The van der Waals surface area contributed by atoms with E-state index in [4.69, 9.17) is 5.73 Å². The van der Waals surface area contributed by atoms with Gasteiger partial charge in [-0.05, 0) is 30.3 Å². The van der Waals surface area contributed by atoms with Gasteiger partial charge < -0.3 is 5.73 Å². The summed E-state index contributed by atoms with van der Waals surface area (Å²) in [4.78, 5) is 15.7. The second-order valence-corrected chi connectivity index (χ2v) is 3.95. The van der Waals surface area contributed by atoms with Crippen LogP contribution in [-0.2, 0) is 6.18 Å². The van der Waals surface area contributed by atoms with Gasteiger partial charge in [0.1, 0.15) is 11.6 Å². The molecule has 0 saturated heterocycles. The van der Waals surface area contributed by atoms with Crippen molar-refractivity contribution in [2.24, 2.45) is 0 Å². The maximum absolute atomic E-state index is 13.1. The number of benzene rings is 1. The summed E-state index contributed by atoms with van der Waals surface area (Å²) in [7, 11) is 0. The summed E-state index contributed by atoms with van der Waals surface area (Å²) in [6, 6.07) is 4.30. The van der Waals surface area contributed by atoms with Crippen LogP contribution in [0.3, 0.4) is 0 Å². The predicted octanol–water partition coefficient (Wildman–Crippen LogP) is 3.05. The van der Waals surface area contributed by atoms with Crippen LogP contribution >= 0.6 is 0 Å². The number of anilines is 1. The van der Waals surface area contributed by atoms with Crippen molar-refractivity contribution < 1.29 is 22.4 Å². The molecule has 2 aromatic rings. The smallest absolute Gasteiger partial charge is 0.383 e. The monoisotopic (exact) mass is 284 g/mol. The van der Waals surface area contributed by atoms with E-state index in [1.807, 2.05) is 0 Å². The number of nitrogen functional groups attached to an aromatic ring is 1. The molecular weight excluding hydrogens is 276 g/mol. The molecule has 0 amide bonds. The highest BCUT2D eigenvalue weighted by Gasteiger charge is 2.35. The van der Waals surface area contributed by atoms with E-state index in [2.05, 4.69) is 4.98 Å². The van der Waals surface area contributed by atoms with Crippen molar-refractivity contribution in [3.05, 3.63) is 59.0 Å². The summed E-state index contributed by atoms with van der Waals surface area (Å²) in [5.41, 5.74) is 3.23. The number of alkyl halides is 3. The number of carbonyl (C=O) groups is 1. The van der Waals surface area contributed by atoms with Gasteiger partial charge in [0.25, 0.3) is 0 Å². The first kappa shape index (κ1) is 14.0. The Balaban J connectivity index is 2.61. The van der Waals surface area contributed by atoms with Crippen molar-refractivity contribution in [3.63, 3.8) is 0 Å². The van der Waals surface area contributed by atoms with Crippen LogP contribution in [0.5, 0.6) is 0 Å². The van der Waals surface area contributed by atoms with Crippen molar-refractivity contribution in [2.75, 3.05) is 5.73 Å². The van der Waals surface area contributed by atoms with E-state index >= 15 is 0 Å². The molecule has 0 aliphatic carbocycles. The second kappa shape index (κ2) is 4.92. The lowest BCUT2D eigenvalue weighted by atomic mass is 9.98.